The van der Waals surface area contributed by atoms with E-state index in [1.54, 1.807) is 12.1 Å². The Balaban J connectivity index is 1.95. The van der Waals surface area contributed by atoms with Gasteiger partial charge < -0.3 is 5.32 Å². The molecule has 22 heavy (non-hydrogen) atoms. The van der Waals surface area contributed by atoms with Crippen molar-refractivity contribution >= 4 is 22.4 Å². The Hall–Kier alpha value is -3.15. The average Bonchev–Trinajstić information content (AvgIpc) is 2.52. The van der Waals surface area contributed by atoms with E-state index in [-0.39, 0.29) is 23.1 Å². The summed E-state index contributed by atoms with van der Waals surface area (Å²) >= 11 is 0. The van der Waals surface area contributed by atoms with Gasteiger partial charge in [-0.1, -0.05) is 36.4 Å². The maximum absolute atomic E-state index is 12.1. The third-order valence-electron chi connectivity index (χ3n) is 3.31. The first-order valence-corrected chi connectivity index (χ1v) is 6.72. The second-order valence-electron chi connectivity index (χ2n) is 4.85. The van der Waals surface area contributed by atoms with Crippen molar-refractivity contribution in [3.63, 3.8) is 0 Å². The van der Waals surface area contributed by atoms with E-state index in [1.807, 2.05) is 30.3 Å². The van der Waals surface area contributed by atoms with Crippen molar-refractivity contribution in [2.24, 2.45) is 0 Å². The van der Waals surface area contributed by atoms with Gasteiger partial charge in [-0.05, 0) is 17.7 Å². The topological polar surface area (TPSA) is 94.8 Å². The van der Waals surface area contributed by atoms with Crippen LogP contribution in [0.4, 0.5) is 5.69 Å². The predicted molar refractivity (Wildman–Crippen MR) is 84.0 cm³/mol. The molecule has 6 nitrogen and oxygen atoms in total. The molecule has 6 heteroatoms. The van der Waals surface area contributed by atoms with Crippen LogP contribution < -0.4 is 16.4 Å². The summed E-state index contributed by atoms with van der Waals surface area (Å²) in [5, 5.41) is 7.62. The summed E-state index contributed by atoms with van der Waals surface area (Å²) in [4.78, 5) is 35.7. The zero-order valence-electron chi connectivity index (χ0n) is 11.6. The Bertz CT molecular complexity index is 942. The van der Waals surface area contributed by atoms with Crippen molar-refractivity contribution in [3.8, 4) is 0 Å². The third kappa shape index (κ3) is 2.67. The standard InChI is InChI=1S/C16H13N3O3/c20-13(9-10-5-2-1-3-6-10)17-12-8-4-7-11-14(12)16(22)19-18-15(11)21/h1-8H,9H2,(H,17,20)(H,18,21)(H,19,22). The zero-order valence-corrected chi connectivity index (χ0v) is 11.6. The van der Waals surface area contributed by atoms with Crippen LogP contribution >= 0.6 is 0 Å². The molecule has 0 spiro atoms. The summed E-state index contributed by atoms with van der Waals surface area (Å²) in [5.74, 6) is -0.251. The van der Waals surface area contributed by atoms with E-state index < -0.39 is 11.1 Å². The van der Waals surface area contributed by atoms with Gasteiger partial charge in [0.1, 0.15) is 0 Å². The van der Waals surface area contributed by atoms with Crippen molar-refractivity contribution in [1.29, 1.82) is 0 Å². The largest absolute Gasteiger partial charge is 0.325 e. The van der Waals surface area contributed by atoms with Crippen LogP contribution in [0.15, 0.2) is 58.1 Å². The molecule has 110 valence electrons. The van der Waals surface area contributed by atoms with E-state index in [1.165, 1.54) is 6.07 Å². The van der Waals surface area contributed by atoms with Crippen molar-refractivity contribution in [1.82, 2.24) is 10.2 Å². The van der Waals surface area contributed by atoms with Gasteiger partial charge in [-0.2, -0.15) is 0 Å². The fourth-order valence-corrected chi connectivity index (χ4v) is 2.31. The lowest BCUT2D eigenvalue weighted by Crippen LogP contribution is -2.22. The highest BCUT2D eigenvalue weighted by Crippen LogP contribution is 2.17. The molecule has 0 fully saturated rings. The van der Waals surface area contributed by atoms with Gasteiger partial charge >= 0.3 is 0 Å². The number of carbonyl (C=O) groups is 1. The molecule has 2 aromatic carbocycles. The predicted octanol–water partition coefficient (Wildman–Crippen LogP) is 1.40. The highest BCUT2D eigenvalue weighted by molar-refractivity contribution is 6.01. The van der Waals surface area contributed by atoms with Crippen LogP contribution in [0.5, 0.6) is 0 Å². The van der Waals surface area contributed by atoms with E-state index >= 15 is 0 Å². The van der Waals surface area contributed by atoms with Gasteiger partial charge in [-0.3, -0.25) is 24.6 Å². The first kappa shape index (κ1) is 13.8. The molecule has 0 aliphatic carbocycles. The van der Waals surface area contributed by atoms with E-state index in [0.29, 0.717) is 5.69 Å². The van der Waals surface area contributed by atoms with Crippen molar-refractivity contribution in [3.05, 3.63) is 74.8 Å². The minimum Gasteiger partial charge on any atom is -0.325 e. The molecule has 1 aromatic heterocycles. The molecule has 0 saturated carbocycles. The zero-order chi connectivity index (χ0) is 15.5. The fraction of sp³-hybridized carbons (Fsp3) is 0.0625. The normalized spacial score (nSPS) is 10.5. The number of carbonyl (C=O) groups excluding carboxylic acids is 1. The summed E-state index contributed by atoms with van der Waals surface area (Å²) in [6, 6.07) is 14.0. The lowest BCUT2D eigenvalue weighted by Gasteiger charge is -2.07. The van der Waals surface area contributed by atoms with Gasteiger partial charge in [0.2, 0.25) is 5.91 Å². The third-order valence-corrected chi connectivity index (χ3v) is 3.31. The summed E-state index contributed by atoms with van der Waals surface area (Å²) in [5.41, 5.74) is 0.330. The number of H-pyrrole nitrogens is 2. The molecule has 0 bridgehead atoms. The SMILES string of the molecule is O=C(Cc1ccccc1)Nc1cccc2c(=O)[nH][nH]c(=O)c12. The lowest BCUT2D eigenvalue weighted by molar-refractivity contribution is -0.115. The van der Waals surface area contributed by atoms with E-state index in [4.69, 9.17) is 0 Å². The van der Waals surface area contributed by atoms with Crippen LogP contribution in [0.3, 0.4) is 0 Å². The lowest BCUT2D eigenvalue weighted by atomic mass is 10.1. The highest BCUT2D eigenvalue weighted by Gasteiger charge is 2.11. The Morgan fingerprint density at radius 2 is 1.64 bits per heavy atom. The molecule has 1 heterocycles. The second-order valence-corrected chi connectivity index (χ2v) is 4.85. The molecule has 0 aliphatic rings. The number of hydrogen-bond acceptors (Lipinski definition) is 3. The first-order chi connectivity index (χ1) is 10.6. The number of nitrogens with one attached hydrogen (secondary N) is 3. The van der Waals surface area contributed by atoms with Crippen LogP contribution in [0.1, 0.15) is 5.56 Å². The van der Waals surface area contributed by atoms with Gasteiger partial charge in [0.05, 0.1) is 22.9 Å². The first-order valence-electron chi connectivity index (χ1n) is 6.72. The number of benzene rings is 2. The van der Waals surface area contributed by atoms with Gasteiger partial charge in [0, 0.05) is 0 Å². The number of aromatic amines is 2. The number of fused-ring (bicyclic) bond motifs is 1. The molecule has 0 aliphatic heterocycles. The van der Waals surface area contributed by atoms with Crippen molar-refractivity contribution < 1.29 is 4.79 Å². The van der Waals surface area contributed by atoms with Crippen molar-refractivity contribution in [2.45, 2.75) is 6.42 Å². The van der Waals surface area contributed by atoms with Crippen LogP contribution in [0, 0.1) is 0 Å². The van der Waals surface area contributed by atoms with Crippen LogP contribution in [0.2, 0.25) is 0 Å². The molecular weight excluding hydrogens is 282 g/mol. The molecule has 3 aromatic rings. The Morgan fingerprint density at radius 3 is 2.41 bits per heavy atom. The average molecular weight is 295 g/mol. The second kappa shape index (κ2) is 5.69. The monoisotopic (exact) mass is 295 g/mol. The van der Waals surface area contributed by atoms with E-state index in [2.05, 4.69) is 15.5 Å². The molecular formula is C16H13N3O3. The van der Waals surface area contributed by atoms with Crippen molar-refractivity contribution in [2.75, 3.05) is 5.32 Å². The number of anilines is 1. The fourth-order valence-electron chi connectivity index (χ4n) is 2.31. The van der Waals surface area contributed by atoms with Gasteiger partial charge in [0.25, 0.3) is 11.1 Å². The summed E-state index contributed by atoms with van der Waals surface area (Å²) in [7, 11) is 0. The quantitative estimate of drug-likeness (QED) is 0.681. The van der Waals surface area contributed by atoms with Crippen LogP contribution in [-0.4, -0.2) is 16.1 Å². The number of rotatable bonds is 3. The van der Waals surface area contributed by atoms with Gasteiger partial charge in [-0.25, -0.2) is 0 Å². The maximum atomic E-state index is 12.1. The molecule has 3 rings (SSSR count). The Labute approximate surface area is 124 Å². The minimum absolute atomic E-state index is 0.174. The minimum atomic E-state index is -0.454. The Morgan fingerprint density at radius 1 is 0.909 bits per heavy atom. The smallest absolute Gasteiger partial charge is 0.272 e. The van der Waals surface area contributed by atoms with E-state index in [9.17, 15) is 14.4 Å². The van der Waals surface area contributed by atoms with E-state index in [0.717, 1.165) is 5.56 Å². The molecule has 1 amide bonds. The number of aromatic nitrogens is 2. The highest BCUT2D eigenvalue weighted by atomic mass is 16.2. The maximum Gasteiger partial charge on any atom is 0.272 e. The molecule has 0 saturated heterocycles. The molecule has 3 N–H and O–H groups in total. The number of amides is 1. The molecule has 0 radical (unpaired) electrons. The summed E-state index contributed by atoms with van der Waals surface area (Å²) < 4.78 is 0. The van der Waals surface area contributed by atoms with Gasteiger partial charge in [-0.15, -0.1) is 0 Å². The molecule has 0 unspecified atom stereocenters. The Kier molecular flexibility index (Phi) is 3.57. The molecule has 0 atom stereocenters. The summed E-state index contributed by atoms with van der Waals surface area (Å²) in [6.07, 6.45) is 0.193. The van der Waals surface area contributed by atoms with Crippen LogP contribution in [0.25, 0.3) is 10.8 Å². The number of hydrogen-bond donors (Lipinski definition) is 3. The van der Waals surface area contributed by atoms with Crippen LogP contribution in [-0.2, 0) is 11.2 Å². The van der Waals surface area contributed by atoms with Gasteiger partial charge in [0.15, 0.2) is 0 Å². The summed E-state index contributed by atoms with van der Waals surface area (Å²) in [6.45, 7) is 0.